The Morgan fingerprint density at radius 2 is 1.67 bits per heavy atom. The lowest BCUT2D eigenvalue weighted by Gasteiger charge is -2.12. The van der Waals surface area contributed by atoms with E-state index in [9.17, 15) is 13.5 Å². The van der Waals surface area contributed by atoms with Crippen LogP contribution in [0.25, 0.3) is 10.8 Å². The number of sulfonamides is 1. The van der Waals surface area contributed by atoms with E-state index >= 15 is 0 Å². The second kappa shape index (κ2) is 9.46. The van der Waals surface area contributed by atoms with Gasteiger partial charge in [-0.25, -0.2) is 8.42 Å². The molecule has 8 heteroatoms. The van der Waals surface area contributed by atoms with E-state index in [-0.39, 0.29) is 10.8 Å². The summed E-state index contributed by atoms with van der Waals surface area (Å²) in [6, 6.07) is 19.4. The summed E-state index contributed by atoms with van der Waals surface area (Å²) >= 11 is 0. The quantitative estimate of drug-likeness (QED) is 0.370. The van der Waals surface area contributed by atoms with Gasteiger partial charge in [-0.05, 0) is 48.7 Å². The minimum Gasteiger partial charge on any atom is -0.494 e. The molecule has 0 saturated carbocycles. The number of fused-ring (bicyclic) bond motifs is 1. The summed E-state index contributed by atoms with van der Waals surface area (Å²) in [4.78, 5) is 0.176. The van der Waals surface area contributed by atoms with Crippen LogP contribution >= 0.6 is 0 Å². The Kier molecular flexibility index (Phi) is 6.46. The molecule has 4 rings (SSSR count). The lowest BCUT2D eigenvalue weighted by Crippen LogP contribution is -2.13. The fourth-order valence-corrected chi connectivity index (χ4v) is 4.82. The van der Waals surface area contributed by atoms with E-state index in [1.165, 1.54) is 14.2 Å². The van der Waals surface area contributed by atoms with Crippen LogP contribution in [0.5, 0.6) is 17.4 Å². The summed E-state index contributed by atoms with van der Waals surface area (Å²) in [5.74, 6) is 1.23. The zero-order chi connectivity index (χ0) is 23.4. The van der Waals surface area contributed by atoms with Crippen LogP contribution < -0.4 is 14.2 Å². The molecule has 0 saturated heterocycles. The van der Waals surface area contributed by atoms with Gasteiger partial charge in [-0.15, -0.1) is 0 Å². The van der Waals surface area contributed by atoms with Crippen molar-refractivity contribution < 1.29 is 23.0 Å². The molecule has 0 aliphatic carbocycles. The zero-order valence-electron chi connectivity index (χ0n) is 18.5. The molecule has 4 aromatic rings. The topological polar surface area (TPSA) is 89.8 Å². The van der Waals surface area contributed by atoms with Gasteiger partial charge in [0, 0.05) is 29.6 Å². The normalized spacial score (nSPS) is 11.5. The predicted molar refractivity (Wildman–Crippen MR) is 129 cm³/mol. The average Bonchev–Trinajstić information content (AvgIpc) is 3.14. The van der Waals surface area contributed by atoms with Crippen molar-refractivity contribution in [1.82, 2.24) is 4.57 Å². The zero-order valence-corrected chi connectivity index (χ0v) is 19.3. The smallest absolute Gasteiger partial charge is 0.261 e. The van der Waals surface area contributed by atoms with Crippen molar-refractivity contribution in [2.75, 3.05) is 18.9 Å². The number of nitrogens with one attached hydrogen (secondary N) is 1. The number of hydrogen-bond acceptors (Lipinski definition) is 5. The van der Waals surface area contributed by atoms with Crippen molar-refractivity contribution in [3.8, 4) is 17.4 Å². The molecule has 0 unspecified atom stereocenters. The Labute approximate surface area is 193 Å². The van der Waals surface area contributed by atoms with Crippen LogP contribution in [-0.4, -0.2) is 32.3 Å². The molecular weight excluding hydrogens is 440 g/mol. The van der Waals surface area contributed by atoms with Gasteiger partial charge >= 0.3 is 0 Å². The Bertz CT molecular complexity index is 1360. The Morgan fingerprint density at radius 1 is 0.939 bits per heavy atom. The third-order valence-corrected chi connectivity index (χ3v) is 6.90. The monoisotopic (exact) mass is 466 g/mol. The van der Waals surface area contributed by atoms with Gasteiger partial charge in [-0.2, -0.15) is 0 Å². The molecule has 0 spiro atoms. The standard InChI is InChI=1S/C25H26N2O5S/c1-31-23-14-11-20(16-24(23)32-2)26-33(29,30)21-12-9-18(10-13-21)6-5-15-27-17-19-7-3-4-8-22(19)25(27)28/h3-4,7-14,16-17,26,28H,5-6,15H2,1-2H3. The van der Waals surface area contributed by atoms with E-state index in [0.29, 0.717) is 23.7 Å². The molecule has 1 heterocycles. The van der Waals surface area contributed by atoms with Crippen molar-refractivity contribution in [3.63, 3.8) is 0 Å². The van der Waals surface area contributed by atoms with Gasteiger partial charge in [0.15, 0.2) is 17.4 Å². The molecule has 0 atom stereocenters. The van der Waals surface area contributed by atoms with Crippen LogP contribution in [-0.2, 0) is 23.0 Å². The molecule has 0 bridgehead atoms. The van der Waals surface area contributed by atoms with E-state index in [2.05, 4.69) is 4.72 Å². The summed E-state index contributed by atoms with van der Waals surface area (Å²) in [6.45, 7) is 0.668. The van der Waals surface area contributed by atoms with Crippen LogP contribution in [0.3, 0.4) is 0 Å². The van der Waals surface area contributed by atoms with Gasteiger partial charge in [0.1, 0.15) is 0 Å². The van der Waals surface area contributed by atoms with E-state index in [4.69, 9.17) is 9.47 Å². The number of ether oxygens (including phenoxy) is 2. The number of rotatable bonds is 9. The maximum Gasteiger partial charge on any atom is 0.261 e. The SMILES string of the molecule is COc1ccc(NS(=O)(=O)c2ccc(CCCn3cc4ccccc4c3O)cc2)cc1OC. The second-order valence-electron chi connectivity index (χ2n) is 7.66. The molecular formula is C25H26N2O5S. The molecule has 33 heavy (non-hydrogen) atoms. The number of aromatic nitrogens is 1. The van der Waals surface area contributed by atoms with Crippen molar-refractivity contribution in [3.05, 3.63) is 78.5 Å². The number of benzene rings is 3. The minimum absolute atomic E-state index is 0.176. The van der Waals surface area contributed by atoms with Crippen LogP contribution in [0.1, 0.15) is 12.0 Å². The molecule has 3 aromatic carbocycles. The van der Waals surface area contributed by atoms with Crippen LogP contribution in [0, 0.1) is 0 Å². The van der Waals surface area contributed by atoms with E-state index in [1.807, 2.05) is 47.2 Å². The lowest BCUT2D eigenvalue weighted by atomic mass is 10.1. The van der Waals surface area contributed by atoms with Gasteiger partial charge in [0.2, 0.25) is 0 Å². The summed E-state index contributed by atoms with van der Waals surface area (Å²) in [6.07, 6.45) is 3.52. The van der Waals surface area contributed by atoms with Crippen molar-refractivity contribution in [2.45, 2.75) is 24.3 Å². The van der Waals surface area contributed by atoms with Crippen molar-refractivity contribution in [1.29, 1.82) is 0 Å². The first kappa shape index (κ1) is 22.5. The lowest BCUT2D eigenvalue weighted by molar-refractivity contribution is 0.355. The van der Waals surface area contributed by atoms with E-state index < -0.39 is 10.0 Å². The van der Waals surface area contributed by atoms with Gasteiger partial charge in [-0.1, -0.05) is 30.3 Å². The van der Waals surface area contributed by atoms with E-state index in [1.54, 1.807) is 30.3 Å². The molecule has 0 fully saturated rings. The average molecular weight is 467 g/mol. The minimum atomic E-state index is -3.74. The highest BCUT2D eigenvalue weighted by Gasteiger charge is 2.16. The summed E-state index contributed by atoms with van der Waals surface area (Å²) in [5, 5.41) is 12.2. The molecule has 1 aromatic heterocycles. The van der Waals surface area contributed by atoms with Gasteiger partial charge < -0.3 is 19.1 Å². The highest BCUT2D eigenvalue weighted by atomic mass is 32.2. The number of aryl methyl sites for hydroxylation is 2. The first-order valence-corrected chi connectivity index (χ1v) is 12.0. The first-order chi connectivity index (χ1) is 15.9. The highest BCUT2D eigenvalue weighted by Crippen LogP contribution is 2.31. The Balaban J connectivity index is 1.39. The number of nitrogens with zero attached hydrogens (tertiary/aromatic N) is 1. The molecule has 172 valence electrons. The molecule has 0 amide bonds. The summed E-state index contributed by atoms with van der Waals surface area (Å²) in [7, 11) is -0.727. The fraction of sp³-hybridized carbons (Fsp3) is 0.200. The molecule has 7 nitrogen and oxygen atoms in total. The van der Waals surface area contributed by atoms with E-state index in [0.717, 1.165) is 29.2 Å². The van der Waals surface area contributed by atoms with Crippen LogP contribution in [0.4, 0.5) is 5.69 Å². The van der Waals surface area contributed by atoms with Gasteiger partial charge in [0.25, 0.3) is 10.0 Å². The summed E-state index contributed by atoms with van der Waals surface area (Å²) < 4.78 is 40.4. The number of hydrogen-bond donors (Lipinski definition) is 2. The molecule has 2 N–H and O–H groups in total. The number of aromatic hydroxyl groups is 1. The molecule has 0 aliphatic rings. The second-order valence-corrected chi connectivity index (χ2v) is 9.34. The third-order valence-electron chi connectivity index (χ3n) is 5.50. The number of anilines is 1. The van der Waals surface area contributed by atoms with Gasteiger partial charge in [-0.3, -0.25) is 4.72 Å². The predicted octanol–water partition coefficient (Wildman–Crippen LogP) is 4.80. The maximum absolute atomic E-state index is 12.8. The maximum atomic E-state index is 12.8. The number of methoxy groups -OCH3 is 2. The summed E-state index contributed by atoms with van der Waals surface area (Å²) in [5.41, 5.74) is 1.41. The van der Waals surface area contributed by atoms with Gasteiger partial charge in [0.05, 0.1) is 24.8 Å². The van der Waals surface area contributed by atoms with Crippen molar-refractivity contribution >= 4 is 26.5 Å². The Hall–Kier alpha value is -3.65. The van der Waals surface area contributed by atoms with Crippen LogP contribution in [0.15, 0.2) is 77.8 Å². The third kappa shape index (κ3) is 4.90. The largest absolute Gasteiger partial charge is 0.494 e. The fourth-order valence-electron chi connectivity index (χ4n) is 3.77. The first-order valence-electron chi connectivity index (χ1n) is 10.5. The molecule has 0 aliphatic heterocycles. The highest BCUT2D eigenvalue weighted by molar-refractivity contribution is 7.92. The Morgan fingerprint density at radius 3 is 2.36 bits per heavy atom. The van der Waals surface area contributed by atoms with Crippen LogP contribution in [0.2, 0.25) is 0 Å². The molecule has 0 radical (unpaired) electrons. The van der Waals surface area contributed by atoms with Crippen molar-refractivity contribution in [2.24, 2.45) is 0 Å².